The molecule has 5 heteroatoms. The Labute approximate surface area is 93.4 Å². The molecule has 1 aromatic rings. The molecule has 2 N–H and O–H groups in total. The Morgan fingerprint density at radius 2 is 2.12 bits per heavy atom. The van der Waals surface area contributed by atoms with Gasteiger partial charge in [-0.05, 0) is 17.5 Å². The number of hydrogen-bond donors (Lipinski definition) is 1. The van der Waals surface area contributed by atoms with E-state index in [4.69, 9.17) is 5.73 Å². The Hall–Kier alpha value is -1.91. The van der Waals surface area contributed by atoms with Gasteiger partial charge in [0.1, 0.15) is 0 Å². The van der Waals surface area contributed by atoms with Gasteiger partial charge < -0.3 is 5.73 Å². The minimum Gasteiger partial charge on any atom is -0.369 e. The van der Waals surface area contributed by atoms with Gasteiger partial charge in [0, 0.05) is 11.6 Å². The topological polar surface area (TPSA) is 86.2 Å². The third-order valence-corrected chi connectivity index (χ3v) is 2.33. The summed E-state index contributed by atoms with van der Waals surface area (Å²) in [6.07, 6.45) is -0.100. The molecule has 0 bridgehead atoms. The molecular formula is C11H14N2O3. The largest absolute Gasteiger partial charge is 0.369 e. The molecule has 16 heavy (non-hydrogen) atoms. The fraction of sp³-hybridized carbons (Fsp3) is 0.364. The highest BCUT2D eigenvalue weighted by Crippen LogP contribution is 2.24. The van der Waals surface area contributed by atoms with Gasteiger partial charge in [-0.15, -0.1) is 0 Å². The van der Waals surface area contributed by atoms with Gasteiger partial charge in [0.05, 0.1) is 11.3 Å². The number of amides is 1. The number of rotatable bonds is 4. The van der Waals surface area contributed by atoms with Crippen molar-refractivity contribution in [2.45, 2.75) is 26.2 Å². The second-order valence-corrected chi connectivity index (χ2v) is 3.94. The molecule has 0 spiro atoms. The second kappa shape index (κ2) is 4.74. The van der Waals surface area contributed by atoms with E-state index in [1.165, 1.54) is 6.07 Å². The first kappa shape index (κ1) is 12.2. The monoisotopic (exact) mass is 222 g/mol. The Balaban J connectivity index is 3.20. The third-order valence-electron chi connectivity index (χ3n) is 2.33. The molecule has 0 fully saturated rings. The van der Waals surface area contributed by atoms with Crippen LogP contribution in [0.25, 0.3) is 0 Å². The summed E-state index contributed by atoms with van der Waals surface area (Å²) in [5.74, 6) is -0.309. The minimum absolute atomic E-state index is 0.0526. The Morgan fingerprint density at radius 1 is 1.50 bits per heavy atom. The first-order chi connectivity index (χ1) is 7.41. The van der Waals surface area contributed by atoms with E-state index in [1.807, 2.05) is 13.8 Å². The fourth-order valence-electron chi connectivity index (χ4n) is 1.47. The zero-order valence-corrected chi connectivity index (χ0v) is 9.27. The minimum atomic E-state index is -0.566. The highest BCUT2D eigenvalue weighted by molar-refractivity contribution is 5.78. The van der Waals surface area contributed by atoms with Crippen LogP contribution in [-0.2, 0) is 11.2 Å². The number of nitrogens with two attached hydrogens (primary N) is 1. The molecule has 0 heterocycles. The molecule has 1 aromatic carbocycles. The number of hydrogen-bond acceptors (Lipinski definition) is 3. The maximum absolute atomic E-state index is 10.8. The van der Waals surface area contributed by atoms with Crippen LogP contribution in [0, 0.1) is 10.1 Å². The summed E-state index contributed by atoms with van der Waals surface area (Å²) < 4.78 is 0. The number of primary amides is 1. The van der Waals surface area contributed by atoms with E-state index in [0.29, 0.717) is 5.56 Å². The number of nitro groups is 1. The van der Waals surface area contributed by atoms with Crippen molar-refractivity contribution >= 4 is 11.6 Å². The van der Waals surface area contributed by atoms with Gasteiger partial charge >= 0.3 is 0 Å². The number of carbonyl (C=O) groups excluding carboxylic acids is 1. The Bertz CT molecular complexity index is 427. The lowest BCUT2D eigenvalue weighted by Crippen LogP contribution is -2.15. The van der Waals surface area contributed by atoms with Crippen molar-refractivity contribution in [2.24, 2.45) is 5.73 Å². The van der Waals surface area contributed by atoms with E-state index >= 15 is 0 Å². The summed E-state index contributed by atoms with van der Waals surface area (Å²) in [6, 6.07) is 4.80. The molecule has 0 unspecified atom stereocenters. The van der Waals surface area contributed by atoms with Crippen LogP contribution < -0.4 is 5.73 Å². The molecule has 0 aliphatic rings. The van der Waals surface area contributed by atoms with Crippen LogP contribution in [0.5, 0.6) is 0 Å². The molecule has 0 aliphatic heterocycles. The quantitative estimate of drug-likeness (QED) is 0.621. The molecular weight excluding hydrogens is 208 g/mol. The second-order valence-electron chi connectivity index (χ2n) is 3.94. The molecule has 0 saturated carbocycles. The van der Waals surface area contributed by atoms with Crippen molar-refractivity contribution in [3.05, 3.63) is 39.4 Å². The predicted octanol–water partition coefficient (Wildman–Crippen LogP) is 1.75. The molecule has 0 aromatic heterocycles. The van der Waals surface area contributed by atoms with E-state index in [2.05, 4.69) is 0 Å². The maximum atomic E-state index is 10.8. The molecule has 1 rings (SSSR count). The number of carbonyl (C=O) groups is 1. The Morgan fingerprint density at radius 3 is 2.56 bits per heavy atom. The number of nitro benzene ring substituents is 1. The van der Waals surface area contributed by atoms with E-state index in [9.17, 15) is 14.9 Å². The van der Waals surface area contributed by atoms with Crippen LogP contribution in [0.3, 0.4) is 0 Å². The zero-order chi connectivity index (χ0) is 12.3. The van der Waals surface area contributed by atoms with Crippen LogP contribution >= 0.6 is 0 Å². The Kier molecular flexibility index (Phi) is 3.60. The lowest BCUT2D eigenvalue weighted by atomic mass is 9.98. The van der Waals surface area contributed by atoms with Gasteiger partial charge in [0.15, 0.2) is 0 Å². The average Bonchev–Trinajstić information content (AvgIpc) is 2.15. The van der Waals surface area contributed by atoms with E-state index in [0.717, 1.165) is 5.56 Å². The highest BCUT2D eigenvalue weighted by Gasteiger charge is 2.16. The van der Waals surface area contributed by atoms with E-state index in [1.54, 1.807) is 12.1 Å². The zero-order valence-electron chi connectivity index (χ0n) is 9.27. The fourth-order valence-corrected chi connectivity index (χ4v) is 1.47. The average molecular weight is 222 g/mol. The summed E-state index contributed by atoms with van der Waals surface area (Å²) >= 11 is 0. The predicted molar refractivity (Wildman–Crippen MR) is 60.1 cm³/mol. The van der Waals surface area contributed by atoms with Crippen LogP contribution in [-0.4, -0.2) is 10.8 Å². The number of benzene rings is 1. The molecule has 0 saturated heterocycles. The lowest BCUT2D eigenvalue weighted by molar-refractivity contribution is -0.385. The van der Waals surface area contributed by atoms with E-state index in [-0.39, 0.29) is 18.0 Å². The van der Waals surface area contributed by atoms with Crippen molar-refractivity contribution in [3.8, 4) is 0 Å². The molecule has 0 radical (unpaired) electrons. The maximum Gasteiger partial charge on any atom is 0.273 e. The summed E-state index contributed by atoms with van der Waals surface area (Å²) in [5, 5.41) is 10.7. The normalized spacial score (nSPS) is 10.4. The molecule has 1 amide bonds. The lowest BCUT2D eigenvalue weighted by Gasteiger charge is -2.07. The summed E-state index contributed by atoms with van der Waals surface area (Å²) in [4.78, 5) is 21.1. The van der Waals surface area contributed by atoms with Gasteiger partial charge in [0.2, 0.25) is 5.91 Å². The molecule has 5 nitrogen and oxygen atoms in total. The summed E-state index contributed by atoms with van der Waals surface area (Å²) in [6.45, 7) is 3.96. The van der Waals surface area contributed by atoms with E-state index < -0.39 is 10.8 Å². The van der Waals surface area contributed by atoms with Crippen molar-refractivity contribution in [1.29, 1.82) is 0 Å². The first-order valence-corrected chi connectivity index (χ1v) is 4.97. The molecule has 86 valence electrons. The van der Waals surface area contributed by atoms with Crippen LogP contribution in [0.15, 0.2) is 18.2 Å². The van der Waals surface area contributed by atoms with Crippen molar-refractivity contribution in [2.75, 3.05) is 0 Å². The van der Waals surface area contributed by atoms with Gasteiger partial charge in [-0.3, -0.25) is 14.9 Å². The van der Waals surface area contributed by atoms with Crippen molar-refractivity contribution in [1.82, 2.24) is 0 Å². The van der Waals surface area contributed by atoms with Gasteiger partial charge in [-0.25, -0.2) is 0 Å². The molecule has 0 aliphatic carbocycles. The summed E-state index contributed by atoms with van der Waals surface area (Å²) in [5.41, 5.74) is 6.34. The molecule has 0 atom stereocenters. The first-order valence-electron chi connectivity index (χ1n) is 4.97. The van der Waals surface area contributed by atoms with Gasteiger partial charge in [0.25, 0.3) is 5.69 Å². The van der Waals surface area contributed by atoms with Crippen LogP contribution in [0.4, 0.5) is 5.69 Å². The smallest absolute Gasteiger partial charge is 0.273 e. The van der Waals surface area contributed by atoms with Crippen LogP contribution in [0.2, 0.25) is 0 Å². The van der Waals surface area contributed by atoms with Gasteiger partial charge in [-0.2, -0.15) is 0 Å². The highest BCUT2D eigenvalue weighted by atomic mass is 16.6. The number of nitrogens with zero attached hydrogens (tertiary/aromatic N) is 1. The van der Waals surface area contributed by atoms with Crippen LogP contribution in [0.1, 0.15) is 30.9 Å². The third kappa shape index (κ3) is 2.79. The summed E-state index contributed by atoms with van der Waals surface area (Å²) in [7, 11) is 0. The van der Waals surface area contributed by atoms with Crippen molar-refractivity contribution < 1.29 is 9.72 Å². The van der Waals surface area contributed by atoms with Gasteiger partial charge in [-0.1, -0.05) is 19.9 Å². The standard InChI is InChI=1S/C11H14N2O3/c1-7(2)8-3-4-10(13(15)16)9(5-8)6-11(12)14/h3-5,7H,6H2,1-2H3,(H2,12,14). The van der Waals surface area contributed by atoms with Crippen molar-refractivity contribution in [3.63, 3.8) is 0 Å². The SMILES string of the molecule is CC(C)c1ccc([N+](=O)[O-])c(CC(N)=O)c1.